The fourth-order valence-corrected chi connectivity index (χ4v) is 3.71. The molecule has 23 heavy (non-hydrogen) atoms. The van der Waals surface area contributed by atoms with Gasteiger partial charge < -0.3 is 14.6 Å². The maximum atomic E-state index is 10.7. The quantitative estimate of drug-likeness (QED) is 0.529. The maximum absolute atomic E-state index is 10.7. The molecule has 0 radical (unpaired) electrons. The summed E-state index contributed by atoms with van der Waals surface area (Å²) in [5.74, 6) is 1.01. The first-order chi connectivity index (χ1) is 11.0. The van der Waals surface area contributed by atoms with E-state index in [0.29, 0.717) is 24.7 Å². The summed E-state index contributed by atoms with van der Waals surface area (Å²) in [5, 5.41) is 14.2. The van der Waals surface area contributed by atoms with Gasteiger partial charge in [-0.2, -0.15) is 0 Å². The summed E-state index contributed by atoms with van der Waals surface area (Å²) in [5.41, 5.74) is 1.07. The molecule has 6 unspecified atom stereocenters. The van der Waals surface area contributed by atoms with Crippen molar-refractivity contribution >= 4 is 0 Å². The number of hydrogen-bond donors (Lipinski definition) is 2. The highest BCUT2D eigenvalue weighted by molar-refractivity contribution is 5.14. The Morgan fingerprint density at radius 2 is 2.13 bits per heavy atom. The fourth-order valence-electron chi connectivity index (χ4n) is 3.71. The van der Waals surface area contributed by atoms with Gasteiger partial charge in [-0.1, -0.05) is 46.6 Å². The van der Waals surface area contributed by atoms with E-state index in [1.165, 1.54) is 6.42 Å². The molecule has 0 aromatic carbocycles. The molecule has 0 aromatic heterocycles. The Morgan fingerprint density at radius 3 is 2.83 bits per heavy atom. The normalized spacial score (nSPS) is 31.9. The predicted molar refractivity (Wildman–Crippen MR) is 93.0 cm³/mol. The number of aliphatic hydroxyl groups excluding tert-OH is 1. The molecule has 0 amide bonds. The number of rotatable bonds is 8. The first-order valence-corrected chi connectivity index (χ1v) is 9.41. The number of fused-ring (bicyclic) bond motifs is 2. The van der Waals surface area contributed by atoms with Crippen LogP contribution in [0.25, 0.3) is 0 Å². The van der Waals surface area contributed by atoms with Crippen LogP contribution in [0.3, 0.4) is 0 Å². The van der Waals surface area contributed by atoms with Crippen LogP contribution in [0.4, 0.5) is 0 Å². The molecule has 1 aliphatic heterocycles. The van der Waals surface area contributed by atoms with E-state index >= 15 is 0 Å². The van der Waals surface area contributed by atoms with Crippen LogP contribution in [-0.4, -0.2) is 36.4 Å². The Balaban J connectivity index is 1.99. The minimum Gasteiger partial charge on any atom is -0.375 e. The molecule has 1 heterocycles. The Labute approximate surface area is 141 Å². The van der Waals surface area contributed by atoms with E-state index < -0.39 is 6.23 Å². The monoisotopic (exact) mass is 325 g/mol. The zero-order chi connectivity index (χ0) is 16.8. The van der Waals surface area contributed by atoms with Gasteiger partial charge in [0.2, 0.25) is 0 Å². The molecule has 1 aliphatic carbocycles. The van der Waals surface area contributed by atoms with Gasteiger partial charge in [0.1, 0.15) is 13.0 Å². The Hall–Kier alpha value is -0.420. The van der Waals surface area contributed by atoms with Crippen molar-refractivity contribution in [3.8, 4) is 0 Å². The molecule has 4 nitrogen and oxygen atoms in total. The molecule has 4 heteroatoms. The van der Waals surface area contributed by atoms with Gasteiger partial charge >= 0.3 is 0 Å². The van der Waals surface area contributed by atoms with E-state index in [2.05, 4.69) is 39.1 Å². The third-order valence-electron chi connectivity index (χ3n) is 5.37. The molecular weight excluding hydrogens is 290 g/mol. The topological polar surface area (TPSA) is 50.7 Å². The van der Waals surface area contributed by atoms with Crippen LogP contribution in [0.15, 0.2) is 11.6 Å². The summed E-state index contributed by atoms with van der Waals surface area (Å²) in [7, 11) is 0. The molecule has 6 atom stereocenters. The van der Waals surface area contributed by atoms with E-state index in [1.807, 2.05) is 0 Å². The highest BCUT2D eigenvalue weighted by atomic mass is 16.7. The first kappa shape index (κ1) is 18.9. The average Bonchev–Trinajstić information content (AvgIpc) is 2.64. The summed E-state index contributed by atoms with van der Waals surface area (Å²) in [6, 6.07) is 0.376. The van der Waals surface area contributed by atoms with Gasteiger partial charge in [-0.05, 0) is 30.8 Å². The van der Waals surface area contributed by atoms with Crippen molar-refractivity contribution in [2.75, 3.05) is 6.79 Å². The van der Waals surface area contributed by atoms with Crippen LogP contribution in [0.1, 0.15) is 66.2 Å². The second-order valence-corrected chi connectivity index (χ2v) is 7.46. The first-order valence-electron chi connectivity index (χ1n) is 9.41. The molecule has 0 aromatic rings. The minimum atomic E-state index is -0.569. The second-order valence-electron chi connectivity index (χ2n) is 7.46. The van der Waals surface area contributed by atoms with Gasteiger partial charge in [-0.25, -0.2) is 0 Å². The summed E-state index contributed by atoms with van der Waals surface area (Å²) < 4.78 is 11.4. The molecule has 1 fully saturated rings. The molecule has 2 rings (SSSR count). The molecule has 0 saturated carbocycles. The molecule has 1 saturated heterocycles. The van der Waals surface area contributed by atoms with E-state index in [4.69, 9.17) is 9.47 Å². The lowest BCUT2D eigenvalue weighted by Crippen LogP contribution is -2.41. The minimum absolute atomic E-state index is 0.181. The third-order valence-corrected chi connectivity index (χ3v) is 5.37. The van der Waals surface area contributed by atoms with Crippen LogP contribution in [0, 0.1) is 11.8 Å². The maximum Gasteiger partial charge on any atom is 0.147 e. The lowest BCUT2D eigenvalue weighted by Gasteiger charge is -2.30. The van der Waals surface area contributed by atoms with Crippen molar-refractivity contribution in [2.45, 2.75) is 90.7 Å². The Morgan fingerprint density at radius 1 is 1.35 bits per heavy atom. The van der Waals surface area contributed by atoms with E-state index in [1.54, 1.807) is 0 Å². The summed E-state index contributed by atoms with van der Waals surface area (Å²) in [6.07, 6.45) is 8.32. The molecule has 134 valence electrons. The molecule has 2 aliphatic rings. The standard InChI is InChI=1S/C19H35NO3/c1-5-7-16(8-13(3)6-2)20-19(21)15-9-14(4)18-11-17(10-15)22-12-23-18/h9,13-14,16-21H,5-8,10-12H2,1-4H3. The van der Waals surface area contributed by atoms with Gasteiger partial charge in [-0.15, -0.1) is 0 Å². The van der Waals surface area contributed by atoms with Gasteiger partial charge in [0, 0.05) is 18.4 Å². The second kappa shape index (κ2) is 9.16. The Kier molecular flexibility index (Phi) is 7.54. The highest BCUT2D eigenvalue weighted by Gasteiger charge is 2.32. The fraction of sp³-hybridized carbons (Fsp3) is 0.895. The van der Waals surface area contributed by atoms with Crippen LogP contribution < -0.4 is 5.32 Å². The van der Waals surface area contributed by atoms with Crippen LogP contribution in [-0.2, 0) is 9.47 Å². The van der Waals surface area contributed by atoms with E-state index in [0.717, 1.165) is 37.7 Å². The summed E-state index contributed by atoms with van der Waals surface area (Å²) in [6.45, 7) is 9.29. The zero-order valence-corrected chi connectivity index (χ0v) is 15.3. The Bertz CT molecular complexity index is 385. The third kappa shape index (κ3) is 5.56. The number of hydrogen-bond acceptors (Lipinski definition) is 4. The number of ether oxygens (including phenoxy) is 2. The lowest BCUT2D eigenvalue weighted by molar-refractivity contribution is -0.180. The largest absolute Gasteiger partial charge is 0.375 e. The lowest BCUT2D eigenvalue weighted by atomic mass is 9.95. The summed E-state index contributed by atoms with van der Waals surface area (Å²) >= 11 is 0. The predicted octanol–water partition coefficient (Wildman–Crippen LogP) is 3.60. The van der Waals surface area contributed by atoms with Crippen LogP contribution in [0.2, 0.25) is 0 Å². The smallest absolute Gasteiger partial charge is 0.147 e. The van der Waals surface area contributed by atoms with Crippen LogP contribution in [0.5, 0.6) is 0 Å². The van der Waals surface area contributed by atoms with Crippen molar-refractivity contribution in [1.29, 1.82) is 0 Å². The van der Waals surface area contributed by atoms with Crippen molar-refractivity contribution in [2.24, 2.45) is 11.8 Å². The van der Waals surface area contributed by atoms with Gasteiger partial charge in [-0.3, -0.25) is 5.32 Å². The summed E-state index contributed by atoms with van der Waals surface area (Å²) in [4.78, 5) is 0. The van der Waals surface area contributed by atoms with Crippen LogP contribution >= 0.6 is 0 Å². The van der Waals surface area contributed by atoms with E-state index in [-0.39, 0.29) is 12.2 Å². The average molecular weight is 325 g/mol. The zero-order valence-electron chi connectivity index (χ0n) is 15.3. The number of aliphatic hydroxyl groups is 1. The molecular formula is C19H35NO3. The van der Waals surface area contributed by atoms with Crippen molar-refractivity contribution in [3.05, 3.63) is 11.6 Å². The molecule has 2 bridgehead atoms. The highest BCUT2D eigenvalue weighted by Crippen LogP contribution is 2.31. The van der Waals surface area contributed by atoms with Crippen molar-refractivity contribution in [1.82, 2.24) is 5.32 Å². The molecule has 0 spiro atoms. The van der Waals surface area contributed by atoms with Crippen molar-refractivity contribution in [3.63, 3.8) is 0 Å². The number of nitrogens with one attached hydrogen (secondary N) is 1. The van der Waals surface area contributed by atoms with Gasteiger partial charge in [0.05, 0.1) is 12.2 Å². The van der Waals surface area contributed by atoms with Gasteiger partial charge in [0.25, 0.3) is 0 Å². The van der Waals surface area contributed by atoms with Gasteiger partial charge in [0.15, 0.2) is 0 Å². The SMILES string of the molecule is CCCC(CC(C)CC)NC(O)C1=CC(C)C2CC(C1)OCO2. The van der Waals surface area contributed by atoms with Crippen molar-refractivity contribution < 1.29 is 14.6 Å². The van der Waals surface area contributed by atoms with E-state index in [9.17, 15) is 5.11 Å². The molecule has 2 N–H and O–H groups in total.